The Morgan fingerprint density at radius 3 is 0.385 bits per heavy atom. The van der Waals surface area contributed by atoms with Gasteiger partial charge in [-0.15, -0.1) is 0 Å². The molecule has 0 radical (unpaired) electrons. The molecule has 0 spiro atoms. The van der Waals surface area contributed by atoms with E-state index in [9.17, 15) is 9.59 Å². The van der Waals surface area contributed by atoms with Gasteiger partial charge in [-0.2, -0.15) is 0 Å². The van der Waals surface area contributed by atoms with Crippen LogP contribution in [0, 0.1) is 0 Å². The van der Waals surface area contributed by atoms with Crippen LogP contribution in [-0.4, -0.2) is 71.3 Å². The molecule has 0 rings (SSSR count). The van der Waals surface area contributed by atoms with Crippen molar-refractivity contribution in [3.8, 4) is 0 Å². The Labute approximate surface area is 244 Å². The van der Waals surface area contributed by atoms with Crippen LogP contribution in [0.25, 0.3) is 0 Å². The van der Waals surface area contributed by atoms with E-state index in [0.717, 1.165) is 0 Å². The minimum Gasteiger partial charge on any atom is -0.543 e. The molecule has 22 nitrogen and oxygen atoms in total. The number of carbonyl (C=O) groups is 12. The molecular formula is C15H8O22Ta2. The first-order valence-corrected chi connectivity index (χ1v) is 7.45. The maximum absolute atomic E-state index is 10.0. The van der Waals surface area contributed by atoms with Gasteiger partial charge in [-0.3, -0.25) is 9.59 Å². The van der Waals surface area contributed by atoms with Crippen LogP contribution in [0.15, 0.2) is 0 Å². The van der Waals surface area contributed by atoms with Gasteiger partial charge >= 0.3 is 44.8 Å². The molecule has 0 fully saturated rings. The Hall–Kier alpha value is -4.48. The fourth-order valence-corrected chi connectivity index (χ4v) is 0.351. The third-order valence-electron chi connectivity index (χ3n) is 1.33. The predicted octanol–water partition coefficient (Wildman–Crippen LogP) is -17.0. The second-order valence-corrected chi connectivity index (χ2v) is 4.46. The molecule has 39 heavy (non-hydrogen) atoms. The minimum atomic E-state index is -2.19. The summed E-state index contributed by atoms with van der Waals surface area (Å²) in [7, 11) is 0. The number of hydrogen-bond donors (Lipinski definition) is 0. The van der Waals surface area contributed by atoms with Crippen LogP contribution in [0.4, 0.5) is 0 Å². The van der Waals surface area contributed by atoms with Crippen LogP contribution < -0.4 is 51.1 Å². The van der Waals surface area contributed by atoms with E-state index in [-0.39, 0.29) is 62.7 Å². The van der Waals surface area contributed by atoms with Crippen LogP contribution in [0.5, 0.6) is 0 Å². The van der Waals surface area contributed by atoms with E-state index in [2.05, 4.69) is 0 Å². The average Bonchev–Trinajstić information content (AvgIpc) is 2.68. The Kier molecular flexibility index (Phi) is 47.4. The molecule has 0 atom stereocenters. The third-order valence-corrected chi connectivity index (χ3v) is 1.33. The molecule has 0 heterocycles. The predicted molar refractivity (Wildman–Crippen MR) is 76.0 cm³/mol. The molecule has 0 saturated carbocycles. The van der Waals surface area contributed by atoms with Gasteiger partial charge in [0.15, 0.2) is 0 Å². The summed E-state index contributed by atoms with van der Waals surface area (Å²) in [6, 6.07) is 0. The number of Topliss-reactive ketones (excluding diaryl/α,β-unsaturated/α-hetero) is 2. The van der Waals surface area contributed by atoms with Crippen molar-refractivity contribution in [3.05, 3.63) is 0 Å². The van der Waals surface area contributed by atoms with Crippen LogP contribution in [-0.2, 0) is 102 Å². The van der Waals surface area contributed by atoms with Gasteiger partial charge in [0, 0.05) is 0 Å². The van der Waals surface area contributed by atoms with Gasteiger partial charge in [0.2, 0.25) is 0 Å². The van der Waals surface area contributed by atoms with Crippen molar-refractivity contribution in [2.24, 2.45) is 0 Å². The van der Waals surface area contributed by atoms with Gasteiger partial charge in [0.25, 0.3) is 0 Å². The number of hydrogen-bond acceptors (Lipinski definition) is 22. The Morgan fingerprint density at radius 1 is 0.308 bits per heavy atom. The molecule has 0 aromatic carbocycles. The summed E-state index contributed by atoms with van der Waals surface area (Å²) in [4.78, 5) is 109. The molecule has 0 amide bonds. The first-order valence-electron chi connectivity index (χ1n) is 7.45. The zero-order valence-electron chi connectivity index (χ0n) is 18.6. The van der Waals surface area contributed by atoms with Crippen molar-refractivity contribution in [1.82, 2.24) is 0 Å². The number of aliphatic carboxylic acids is 10. The molecule has 0 aliphatic rings. The summed E-state index contributed by atoms with van der Waals surface area (Å²) in [5.74, 6) is -22.0. The van der Waals surface area contributed by atoms with Crippen molar-refractivity contribution in [2.45, 2.75) is 20.3 Å². The normalized spacial score (nSPS) is 7.13. The number of carbonyl (C=O) groups excluding carboxylic acids is 12. The number of ketones is 2. The van der Waals surface area contributed by atoms with Gasteiger partial charge < -0.3 is 99.0 Å². The van der Waals surface area contributed by atoms with Crippen molar-refractivity contribution in [3.63, 3.8) is 0 Å². The quantitative estimate of drug-likeness (QED) is 0.183. The van der Waals surface area contributed by atoms with Crippen LogP contribution in [0.3, 0.4) is 0 Å². The van der Waals surface area contributed by atoms with Crippen LogP contribution >= 0.6 is 0 Å². The first kappa shape index (κ1) is 55.1. The smallest absolute Gasteiger partial charge is 0.543 e. The van der Waals surface area contributed by atoms with E-state index in [1.54, 1.807) is 0 Å². The summed E-state index contributed by atoms with van der Waals surface area (Å²) in [5, 5.41) is 89.3. The summed E-state index contributed by atoms with van der Waals surface area (Å²) in [5.41, 5.74) is 0. The summed E-state index contributed by atoms with van der Waals surface area (Å²) < 4.78 is 0. The van der Waals surface area contributed by atoms with Crippen molar-refractivity contribution in [1.29, 1.82) is 0 Å². The Balaban J connectivity index is -0.0000000488. The first-order chi connectivity index (χ1) is 16.3. The summed E-state index contributed by atoms with van der Waals surface area (Å²) in [6.45, 7) is 2.81. The maximum atomic E-state index is 10.0. The fraction of sp³-hybridized carbons (Fsp3) is 0.200. The molecule has 0 aromatic heterocycles. The van der Waals surface area contributed by atoms with E-state index in [1.807, 2.05) is 0 Å². The zero-order valence-corrected chi connectivity index (χ0v) is 25.0. The van der Waals surface area contributed by atoms with Crippen LogP contribution in [0.2, 0.25) is 0 Å². The molecule has 0 saturated heterocycles. The zero-order chi connectivity index (χ0) is 31.6. The topological polar surface area (TPSA) is 435 Å². The van der Waals surface area contributed by atoms with Gasteiger partial charge in [0.05, 0.1) is 66.1 Å². The van der Waals surface area contributed by atoms with Crippen molar-refractivity contribution >= 4 is 71.3 Å². The van der Waals surface area contributed by atoms with Crippen LogP contribution in [0.1, 0.15) is 20.3 Å². The molecule has 0 N–H and O–H groups in total. The van der Waals surface area contributed by atoms with E-state index >= 15 is 0 Å². The second kappa shape index (κ2) is 33.5. The van der Waals surface area contributed by atoms with Gasteiger partial charge in [-0.25, -0.2) is 0 Å². The van der Waals surface area contributed by atoms with Gasteiger partial charge in [0.1, 0.15) is 11.6 Å². The molecule has 210 valence electrons. The monoisotopic (exact) mass is 902 g/mol. The molecular weight excluding hydrogens is 894 g/mol. The SMILES string of the molecule is CC(=O)CC(C)=O.O=C([O-])C(=O)[O-].O=C([O-])C(=O)[O-].O=C([O-])C(=O)[O-].O=C([O-])C(=O)[O-].O=C([O-])C(=O)[O-].[Ta+5].[Ta+5]. The van der Waals surface area contributed by atoms with Crippen molar-refractivity contribution in [2.75, 3.05) is 0 Å². The summed E-state index contributed by atoms with van der Waals surface area (Å²) in [6.07, 6.45) is 0.0833. The van der Waals surface area contributed by atoms with E-state index in [0.29, 0.717) is 0 Å². The minimum absolute atomic E-state index is 0. The Morgan fingerprint density at radius 2 is 0.385 bits per heavy atom. The van der Waals surface area contributed by atoms with Crippen molar-refractivity contribution < 1.29 is 153 Å². The van der Waals surface area contributed by atoms with E-state index in [4.69, 9.17) is 99.0 Å². The summed E-state index contributed by atoms with van der Waals surface area (Å²) >= 11 is 0. The largest absolute Gasteiger partial charge is 5.00 e. The standard InChI is InChI=1S/C5H8O2.5C2H2O4.2Ta/c1-4(6)3-5(2)7;5*3-1(4)2(5)6;;/h3H2,1-2H3;5*(H,3,4)(H,5,6);;/q;;;;;;2*+5/p-10. The Bertz CT molecular complexity index is 692. The molecule has 0 aliphatic carbocycles. The third kappa shape index (κ3) is 87.4. The molecule has 0 aliphatic heterocycles. The average molecular weight is 902 g/mol. The second-order valence-electron chi connectivity index (χ2n) is 4.46. The maximum Gasteiger partial charge on any atom is 5.00 e. The van der Waals surface area contributed by atoms with Gasteiger partial charge in [-0.05, 0) is 13.8 Å². The molecule has 0 bridgehead atoms. The molecule has 24 heteroatoms. The fourth-order valence-electron chi connectivity index (χ4n) is 0.351. The van der Waals surface area contributed by atoms with Gasteiger partial charge in [-0.1, -0.05) is 0 Å². The molecule has 0 unspecified atom stereocenters. The van der Waals surface area contributed by atoms with E-state index < -0.39 is 59.7 Å². The van der Waals surface area contributed by atoms with E-state index in [1.165, 1.54) is 13.8 Å². The number of carboxylic acids is 10. The molecule has 0 aromatic rings. The number of rotatable bonds is 2. The number of carboxylic acid groups (broad SMARTS) is 10.